The predicted octanol–water partition coefficient (Wildman–Crippen LogP) is -1.10. The number of rotatable bonds is 4. The quantitative estimate of drug-likeness (QED) is 0.435. The first-order chi connectivity index (χ1) is 6.75. The second kappa shape index (κ2) is 5.04. The van der Waals surface area contributed by atoms with Crippen LogP contribution in [0.4, 0.5) is 0 Å². The van der Waals surface area contributed by atoms with E-state index >= 15 is 0 Å². The van der Waals surface area contributed by atoms with Gasteiger partial charge in [0.05, 0.1) is 6.04 Å². The van der Waals surface area contributed by atoms with Gasteiger partial charge in [0.1, 0.15) is 0 Å². The summed E-state index contributed by atoms with van der Waals surface area (Å²) in [4.78, 5) is 0. The van der Waals surface area contributed by atoms with Gasteiger partial charge in [-0.3, -0.25) is 16.1 Å². The minimum atomic E-state index is -0.193. The Morgan fingerprint density at radius 1 is 1.14 bits per heavy atom. The van der Waals surface area contributed by atoms with Crippen molar-refractivity contribution >= 4 is 0 Å². The van der Waals surface area contributed by atoms with Crippen LogP contribution < -0.4 is 21.4 Å². The molecule has 0 aromatic carbocycles. The van der Waals surface area contributed by atoms with Crippen molar-refractivity contribution < 1.29 is 0 Å². The van der Waals surface area contributed by atoms with Crippen LogP contribution in [0.2, 0.25) is 0 Å². The van der Waals surface area contributed by atoms with Crippen molar-refractivity contribution in [2.75, 3.05) is 34.7 Å². The van der Waals surface area contributed by atoms with Crippen LogP contribution >= 0.6 is 0 Å². The van der Waals surface area contributed by atoms with E-state index < -0.39 is 0 Å². The Kier molecular flexibility index (Phi) is 4.28. The molecule has 14 heavy (non-hydrogen) atoms. The minimum Gasteiger partial charge on any atom is -0.313 e. The maximum atomic E-state index is 3.36. The molecular formula is C9H23N5. The zero-order chi connectivity index (χ0) is 10.6. The van der Waals surface area contributed by atoms with E-state index in [1.54, 1.807) is 0 Å². The molecule has 1 aliphatic rings. The number of hydrogen-bond donors (Lipinski definition) is 4. The lowest BCUT2D eigenvalue weighted by atomic mass is 9.98. The minimum absolute atomic E-state index is 0.193. The van der Waals surface area contributed by atoms with Crippen molar-refractivity contribution in [3.05, 3.63) is 0 Å². The fraction of sp³-hybridized carbons (Fsp3) is 1.00. The average Bonchev–Trinajstić information content (AvgIpc) is 2.27. The van der Waals surface area contributed by atoms with Crippen LogP contribution in [0, 0.1) is 0 Å². The zero-order valence-electron chi connectivity index (χ0n) is 9.65. The highest BCUT2D eigenvalue weighted by atomic mass is 15.6. The lowest BCUT2D eigenvalue weighted by molar-refractivity contribution is -0.0571. The molecular weight excluding hydrogens is 178 g/mol. The summed E-state index contributed by atoms with van der Waals surface area (Å²) in [6, 6.07) is 0.402. The molecule has 0 radical (unpaired) electrons. The largest absolute Gasteiger partial charge is 0.313 e. The van der Waals surface area contributed by atoms with E-state index in [-0.39, 0.29) is 5.79 Å². The molecule has 0 saturated carbocycles. The maximum absolute atomic E-state index is 3.36. The molecule has 1 aliphatic heterocycles. The molecule has 0 aromatic rings. The molecule has 1 heterocycles. The summed E-state index contributed by atoms with van der Waals surface area (Å²) in [5.74, 6) is -0.193. The predicted molar refractivity (Wildman–Crippen MR) is 58.7 cm³/mol. The highest BCUT2D eigenvalue weighted by molar-refractivity contribution is 4.96. The van der Waals surface area contributed by atoms with Crippen molar-refractivity contribution in [2.24, 2.45) is 0 Å². The van der Waals surface area contributed by atoms with E-state index in [4.69, 9.17) is 0 Å². The average molecular weight is 201 g/mol. The van der Waals surface area contributed by atoms with Crippen molar-refractivity contribution in [3.63, 3.8) is 0 Å². The summed E-state index contributed by atoms with van der Waals surface area (Å²) in [6.45, 7) is 1.05. The fourth-order valence-electron chi connectivity index (χ4n) is 2.41. The SMILES string of the molecule is CNC1CCCN(NC)C1(NC)NC. The van der Waals surface area contributed by atoms with E-state index in [1.165, 1.54) is 12.8 Å². The Hall–Kier alpha value is -0.200. The van der Waals surface area contributed by atoms with Crippen LogP contribution in [0.25, 0.3) is 0 Å². The summed E-state index contributed by atoms with van der Waals surface area (Å²) in [5.41, 5.74) is 3.23. The number of likely N-dealkylation sites (N-methyl/N-ethyl adjacent to an activating group) is 3. The molecule has 1 atom stereocenters. The second-order valence-corrected chi connectivity index (χ2v) is 3.63. The van der Waals surface area contributed by atoms with Crippen molar-refractivity contribution in [1.29, 1.82) is 0 Å². The Bertz CT molecular complexity index is 155. The van der Waals surface area contributed by atoms with Gasteiger partial charge in [-0.25, -0.2) is 5.01 Å². The third-order valence-electron chi connectivity index (χ3n) is 3.19. The Labute approximate surface area is 86.6 Å². The normalized spacial score (nSPS) is 27.9. The van der Waals surface area contributed by atoms with Gasteiger partial charge in [-0.05, 0) is 41.0 Å². The first kappa shape index (κ1) is 11.9. The van der Waals surface area contributed by atoms with Gasteiger partial charge in [0.25, 0.3) is 0 Å². The fourth-order valence-corrected chi connectivity index (χ4v) is 2.41. The molecule has 0 spiro atoms. The standard InChI is InChI=1S/C9H23N5/c1-10-8-6-5-7-14(13-4)9(8,11-2)12-3/h8,10-13H,5-7H2,1-4H3. The van der Waals surface area contributed by atoms with E-state index in [2.05, 4.69) is 26.4 Å². The van der Waals surface area contributed by atoms with E-state index in [0.29, 0.717) is 6.04 Å². The van der Waals surface area contributed by atoms with E-state index in [0.717, 1.165) is 6.54 Å². The maximum Gasteiger partial charge on any atom is 0.154 e. The molecule has 1 saturated heterocycles. The second-order valence-electron chi connectivity index (χ2n) is 3.63. The Morgan fingerprint density at radius 2 is 1.79 bits per heavy atom. The van der Waals surface area contributed by atoms with Crippen LogP contribution in [0.15, 0.2) is 0 Å². The summed E-state index contributed by atoms with van der Waals surface area (Å²) >= 11 is 0. The molecule has 5 nitrogen and oxygen atoms in total. The van der Waals surface area contributed by atoms with Crippen LogP contribution in [0.5, 0.6) is 0 Å². The highest BCUT2D eigenvalue weighted by Gasteiger charge is 2.43. The van der Waals surface area contributed by atoms with Crippen LogP contribution in [0.1, 0.15) is 12.8 Å². The summed E-state index contributed by atoms with van der Waals surface area (Å²) < 4.78 is 0. The molecule has 5 heteroatoms. The molecule has 1 rings (SSSR count). The summed E-state index contributed by atoms with van der Waals surface area (Å²) in [7, 11) is 7.93. The molecule has 0 aliphatic carbocycles. The van der Waals surface area contributed by atoms with Gasteiger partial charge in [0, 0.05) is 6.54 Å². The van der Waals surface area contributed by atoms with Crippen LogP contribution in [-0.4, -0.2) is 51.6 Å². The molecule has 4 N–H and O–H groups in total. The van der Waals surface area contributed by atoms with E-state index in [1.807, 2.05) is 28.2 Å². The van der Waals surface area contributed by atoms with Gasteiger partial charge in [-0.2, -0.15) is 0 Å². The summed E-state index contributed by atoms with van der Waals surface area (Å²) in [5, 5.41) is 12.3. The zero-order valence-corrected chi connectivity index (χ0v) is 9.65. The first-order valence-electron chi connectivity index (χ1n) is 5.25. The van der Waals surface area contributed by atoms with Gasteiger partial charge in [0.15, 0.2) is 5.79 Å². The number of nitrogens with zero attached hydrogens (tertiary/aromatic N) is 1. The Balaban J connectivity index is 2.86. The third-order valence-corrected chi connectivity index (χ3v) is 3.19. The van der Waals surface area contributed by atoms with E-state index in [9.17, 15) is 0 Å². The molecule has 1 fully saturated rings. The number of hydrazine groups is 1. The lowest BCUT2D eigenvalue weighted by Crippen LogP contribution is -2.78. The van der Waals surface area contributed by atoms with Crippen LogP contribution in [-0.2, 0) is 0 Å². The van der Waals surface area contributed by atoms with Gasteiger partial charge in [-0.1, -0.05) is 0 Å². The van der Waals surface area contributed by atoms with Gasteiger partial charge in [0.2, 0.25) is 0 Å². The Morgan fingerprint density at radius 3 is 2.21 bits per heavy atom. The molecule has 0 aromatic heterocycles. The lowest BCUT2D eigenvalue weighted by Gasteiger charge is -2.51. The molecule has 0 amide bonds. The molecule has 1 unspecified atom stereocenters. The van der Waals surface area contributed by atoms with Gasteiger partial charge in [-0.15, -0.1) is 0 Å². The van der Waals surface area contributed by atoms with Crippen molar-refractivity contribution in [3.8, 4) is 0 Å². The number of piperidine rings is 1. The van der Waals surface area contributed by atoms with Gasteiger partial charge < -0.3 is 5.32 Å². The molecule has 84 valence electrons. The topological polar surface area (TPSA) is 51.4 Å². The third kappa shape index (κ3) is 1.78. The van der Waals surface area contributed by atoms with Crippen molar-refractivity contribution in [1.82, 2.24) is 26.4 Å². The smallest absolute Gasteiger partial charge is 0.154 e. The monoisotopic (exact) mass is 201 g/mol. The number of hydrogen-bond acceptors (Lipinski definition) is 5. The summed E-state index contributed by atoms with van der Waals surface area (Å²) in [6.07, 6.45) is 2.38. The van der Waals surface area contributed by atoms with Gasteiger partial charge >= 0.3 is 0 Å². The van der Waals surface area contributed by atoms with Crippen molar-refractivity contribution in [2.45, 2.75) is 24.7 Å². The van der Waals surface area contributed by atoms with Crippen LogP contribution in [0.3, 0.4) is 0 Å². The highest BCUT2D eigenvalue weighted by Crippen LogP contribution is 2.21. The first-order valence-corrected chi connectivity index (χ1v) is 5.25. The number of nitrogens with one attached hydrogen (secondary N) is 4. The molecule has 0 bridgehead atoms.